The fourth-order valence-corrected chi connectivity index (χ4v) is 3.24. The molecule has 0 spiro atoms. The first-order chi connectivity index (χ1) is 11.6. The lowest BCUT2D eigenvalue weighted by Gasteiger charge is -2.05. The highest BCUT2D eigenvalue weighted by Crippen LogP contribution is 2.23. The van der Waals surface area contributed by atoms with E-state index in [9.17, 15) is 0 Å². The molecule has 3 rings (SSSR count). The summed E-state index contributed by atoms with van der Waals surface area (Å²) in [5.41, 5.74) is 3.54. The summed E-state index contributed by atoms with van der Waals surface area (Å²) in [6, 6.07) is 14.3. The first kappa shape index (κ1) is 17.0. The Morgan fingerprint density at radius 2 is 1.75 bits per heavy atom. The summed E-state index contributed by atoms with van der Waals surface area (Å²) in [5.74, 6) is 2.08. The molecular formula is C18H17BrN2O2S. The van der Waals surface area contributed by atoms with Gasteiger partial charge in [0.05, 0.1) is 0 Å². The van der Waals surface area contributed by atoms with E-state index in [1.165, 1.54) is 28.5 Å². The molecule has 1 aromatic heterocycles. The zero-order valence-electron chi connectivity index (χ0n) is 13.5. The number of rotatable bonds is 6. The maximum absolute atomic E-state index is 5.73. The summed E-state index contributed by atoms with van der Waals surface area (Å²) >= 11 is 4.94. The molecule has 0 radical (unpaired) electrons. The number of hydrogen-bond donors (Lipinski definition) is 0. The first-order valence-electron chi connectivity index (χ1n) is 7.49. The normalized spacial score (nSPS) is 10.8. The summed E-state index contributed by atoms with van der Waals surface area (Å²) in [7, 11) is 0. The number of halogens is 1. The lowest BCUT2D eigenvalue weighted by atomic mass is 10.1. The molecule has 0 fully saturated rings. The molecule has 0 N–H and O–H groups in total. The second-order valence-corrected chi connectivity index (χ2v) is 7.33. The van der Waals surface area contributed by atoms with Crippen LogP contribution in [-0.4, -0.2) is 10.2 Å². The van der Waals surface area contributed by atoms with Crippen molar-refractivity contribution < 1.29 is 9.15 Å². The van der Waals surface area contributed by atoms with E-state index < -0.39 is 0 Å². The maximum atomic E-state index is 5.73. The van der Waals surface area contributed by atoms with Gasteiger partial charge in [0.2, 0.25) is 0 Å². The zero-order valence-corrected chi connectivity index (χ0v) is 15.9. The van der Waals surface area contributed by atoms with Crippen molar-refractivity contribution in [3.05, 3.63) is 69.5 Å². The van der Waals surface area contributed by atoms with Crippen LogP contribution in [0.4, 0.5) is 0 Å². The van der Waals surface area contributed by atoms with Crippen LogP contribution in [0.3, 0.4) is 0 Å². The number of aromatic nitrogens is 2. The number of benzene rings is 2. The Balaban J connectivity index is 1.54. The molecule has 0 atom stereocenters. The number of thioether (sulfide) groups is 1. The molecule has 0 aliphatic heterocycles. The largest absolute Gasteiger partial charge is 0.484 e. The Bertz CT molecular complexity index is 798. The molecule has 0 aliphatic rings. The average Bonchev–Trinajstić information content (AvgIpc) is 2.99. The standard InChI is InChI=1S/C18H17BrN2O2S/c1-12-7-13(2)9-16(8-12)22-10-17-20-21-18(23-17)24-11-14-3-5-15(19)6-4-14/h3-9H,10-11H2,1-2H3. The Morgan fingerprint density at radius 1 is 1.04 bits per heavy atom. The maximum Gasteiger partial charge on any atom is 0.277 e. The number of nitrogens with zero attached hydrogens (tertiary/aromatic N) is 2. The highest BCUT2D eigenvalue weighted by atomic mass is 79.9. The van der Waals surface area contributed by atoms with Crippen LogP contribution in [-0.2, 0) is 12.4 Å². The van der Waals surface area contributed by atoms with E-state index in [4.69, 9.17) is 9.15 Å². The predicted octanol–water partition coefficient (Wildman–Crippen LogP) is 5.32. The van der Waals surface area contributed by atoms with Crippen molar-refractivity contribution in [3.8, 4) is 5.75 Å². The van der Waals surface area contributed by atoms with Crippen LogP contribution in [0, 0.1) is 13.8 Å². The van der Waals surface area contributed by atoms with Crippen LogP contribution in [0.5, 0.6) is 5.75 Å². The van der Waals surface area contributed by atoms with Crippen molar-refractivity contribution in [2.24, 2.45) is 0 Å². The van der Waals surface area contributed by atoms with Gasteiger partial charge in [-0.25, -0.2) is 0 Å². The van der Waals surface area contributed by atoms with E-state index in [0.29, 0.717) is 11.1 Å². The van der Waals surface area contributed by atoms with Gasteiger partial charge in [-0.15, -0.1) is 10.2 Å². The van der Waals surface area contributed by atoms with Crippen molar-refractivity contribution in [2.45, 2.75) is 31.4 Å². The summed E-state index contributed by atoms with van der Waals surface area (Å²) in [6.45, 7) is 4.36. The van der Waals surface area contributed by atoms with Gasteiger partial charge < -0.3 is 9.15 Å². The van der Waals surface area contributed by atoms with Gasteiger partial charge in [0.25, 0.3) is 11.1 Å². The molecule has 0 aliphatic carbocycles. The highest BCUT2D eigenvalue weighted by Gasteiger charge is 2.08. The zero-order chi connectivity index (χ0) is 16.9. The van der Waals surface area contributed by atoms with Crippen molar-refractivity contribution in [1.29, 1.82) is 0 Å². The summed E-state index contributed by atoms with van der Waals surface area (Å²) < 4.78 is 12.4. The third kappa shape index (κ3) is 4.85. The fraction of sp³-hybridized carbons (Fsp3) is 0.222. The molecule has 0 saturated heterocycles. The number of aryl methyl sites for hydroxylation is 2. The third-order valence-electron chi connectivity index (χ3n) is 3.28. The van der Waals surface area contributed by atoms with Gasteiger partial charge in [0, 0.05) is 10.2 Å². The van der Waals surface area contributed by atoms with Gasteiger partial charge in [-0.05, 0) is 54.8 Å². The molecule has 6 heteroatoms. The van der Waals surface area contributed by atoms with Crippen LogP contribution < -0.4 is 4.74 Å². The van der Waals surface area contributed by atoms with E-state index in [2.05, 4.69) is 44.3 Å². The Morgan fingerprint density at radius 3 is 2.46 bits per heavy atom. The first-order valence-corrected chi connectivity index (χ1v) is 9.27. The SMILES string of the molecule is Cc1cc(C)cc(OCc2nnc(SCc3ccc(Br)cc3)o2)c1. The summed E-state index contributed by atoms with van der Waals surface area (Å²) in [6.07, 6.45) is 0. The van der Waals surface area contributed by atoms with Gasteiger partial charge >= 0.3 is 0 Å². The minimum atomic E-state index is 0.273. The molecule has 4 nitrogen and oxygen atoms in total. The van der Waals surface area contributed by atoms with Gasteiger partial charge in [-0.1, -0.05) is 45.9 Å². The van der Waals surface area contributed by atoms with Crippen molar-refractivity contribution in [1.82, 2.24) is 10.2 Å². The fourth-order valence-electron chi connectivity index (χ4n) is 2.24. The van der Waals surface area contributed by atoms with E-state index in [1.54, 1.807) is 0 Å². The lowest BCUT2D eigenvalue weighted by molar-refractivity contribution is 0.252. The van der Waals surface area contributed by atoms with E-state index in [0.717, 1.165) is 16.0 Å². The van der Waals surface area contributed by atoms with Gasteiger partial charge in [0.1, 0.15) is 5.75 Å². The molecule has 0 bridgehead atoms. The van der Waals surface area contributed by atoms with Gasteiger partial charge in [0.15, 0.2) is 6.61 Å². The van der Waals surface area contributed by atoms with Crippen LogP contribution in [0.25, 0.3) is 0 Å². The minimum Gasteiger partial charge on any atom is -0.484 e. The molecule has 0 saturated carbocycles. The van der Waals surface area contributed by atoms with Crippen LogP contribution in [0.15, 0.2) is 56.6 Å². The van der Waals surface area contributed by atoms with Gasteiger partial charge in [-0.3, -0.25) is 0 Å². The van der Waals surface area contributed by atoms with Crippen LogP contribution in [0.1, 0.15) is 22.6 Å². The molecular weight excluding hydrogens is 388 g/mol. The smallest absolute Gasteiger partial charge is 0.277 e. The Hall–Kier alpha value is -1.79. The molecule has 1 heterocycles. The highest BCUT2D eigenvalue weighted by molar-refractivity contribution is 9.10. The van der Waals surface area contributed by atoms with E-state index in [1.807, 2.05) is 38.1 Å². The Labute approximate surface area is 153 Å². The monoisotopic (exact) mass is 404 g/mol. The second-order valence-electron chi connectivity index (χ2n) is 5.49. The van der Waals surface area contributed by atoms with E-state index in [-0.39, 0.29) is 6.61 Å². The molecule has 124 valence electrons. The third-order valence-corrected chi connectivity index (χ3v) is 4.70. The molecule has 0 amide bonds. The molecule has 0 unspecified atom stereocenters. The summed E-state index contributed by atoms with van der Waals surface area (Å²) in [4.78, 5) is 0. The molecule has 24 heavy (non-hydrogen) atoms. The quantitative estimate of drug-likeness (QED) is 0.520. The van der Waals surface area contributed by atoms with Crippen LogP contribution >= 0.6 is 27.7 Å². The van der Waals surface area contributed by atoms with Gasteiger partial charge in [-0.2, -0.15) is 0 Å². The number of hydrogen-bond acceptors (Lipinski definition) is 5. The second kappa shape index (κ2) is 7.85. The average molecular weight is 405 g/mol. The van der Waals surface area contributed by atoms with Crippen LogP contribution in [0.2, 0.25) is 0 Å². The minimum absolute atomic E-state index is 0.273. The Kier molecular flexibility index (Phi) is 5.58. The number of ether oxygens (including phenoxy) is 1. The van der Waals surface area contributed by atoms with E-state index >= 15 is 0 Å². The topological polar surface area (TPSA) is 48.2 Å². The van der Waals surface area contributed by atoms with Crippen molar-refractivity contribution >= 4 is 27.7 Å². The molecule has 2 aromatic carbocycles. The van der Waals surface area contributed by atoms with Crippen molar-refractivity contribution in [2.75, 3.05) is 0 Å². The predicted molar refractivity (Wildman–Crippen MR) is 98.2 cm³/mol. The van der Waals surface area contributed by atoms with Crippen molar-refractivity contribution in [3.63, 3.8) is 0 Å². The summed E-state index contributed by atoms with van der Waals surface area (Å²) in [5, 5.41) is 8.64. The lowest BCUT2D eigenvalue weighted by Crippen LogP contribution is -1.96. The molecule has 3 aromatic rings.